The van der Waals surface area contributed by atoms with E-state index in [1.807, 2.05) is 0 Å². The summed E-state index contributed by atoms with van der Waals surface area (Å²) in [5, 5.41) is 0. The van der Waals surface area contributed by atoms with Gasteiger partial charge >= 0.3 is 14.8 Å². The average Bonchev–Trinajstić information content (AvgIpc) is 2.56. The first-order valence-electron chi connectivity index (χ1n) is 7.37. The van der Waals surface area contributed by atoms with E-state index in [1.165, 1.54) is 0 Å². The molecule has 142 valence electrons. The lowest BCUT2D eigenvalue weighted by molar-refractivity contribution is 0.0475. The normalized spacial score (nSPS) is 11.7. The number of halogens is 5. The van der Waals surface area contributed by atoms with E-state index in [2.05, 4.69) is 4.74 Å². The van der Waals surface area contributed by atoms with Gasteiger partial charge in [0, 0.05) is 19.3 Å². The van der Waals surface area contributed by atoms with E-state index >= 15 is 0 Å². The van der Waals surface area contributed by atoms with Crippen molar-refractivity contribution < 1.29 is 45.1 Å². The smallest absolute Gasteiger partial charge is 0.462 e. The van der Waals surface area contributed by atoms with Crippen molar-refractivity contribution in [3.8, 4) is 0 Å². The Hall–Kier alpha value is -1.56. The quantitative estimate of drug-likeness (QED) is 0.176. The van der Waals surface area contributed by atoms with Gasteiger partial charge in [0.15, 0.2) is 23.3 Å². The summed E-state index contributed by atoms with van der Waals surface area (Å²) in [6.45, 7) is 3.22. The van der Waals surface area contributed by atoms with E-state index in [1.54, 1.807) is 13.8 Å². The number of hydrogen-bond acceptors (Lipinski definition) is 5. The Labute approximate surface area is 141 Å². The highest BCUT2D eigenvalue weighted by Crippen LogP contribution is 2.24. The molecule has 0 atom stereocenters. The molecule has 0 saturated carbocycles. The van der Waals surface area contributed by atoms with Gasteiger partial charge in [-0.3, -0.25) is 0 Å². The highest BCUT2D eigenvalue weighted by atomic mass is 28.4. The van der Waals surface area contributed by atoms with Gasteiger partial charge in [-0.25, -0.2) is 26.7 Å². The van der Waals surface area contributed by atoms with E-state index < -0.39 is 56.0 Å². The molecule has 0 fully saturated rings. The van der Waals surface area contributed by atoms with Crippen molar-refractivity contribution in [2.24, 2.45) is 0 Å². The standard InChI is InChI=1S/C14H17F5O5Si/c1-3-23-25(21,24-4-2)7-5-6-22-14(20)8-9(15)11(17)13(19)12(18)10(8)16/h21H,3-7H2,1-2H3. The van der Waals surface area contributed by atoms with Gasteiger partial charge < -0.3 is 18.4 Å². The molecule has 0 aliphatic heterocycles. The summed E-state index contributed by atoms with van der Waals surface area (Å²) in [6.07, 6.45) is 0.00383. The maximum atomic E-state index is 13.5. The molecule has 25 heavy (non-hydrogen) atoms. The fraction of sp³-hybridized carbons (Fsp3) is 0.500. The molecule has 0 saturated heterocycles. The molecule has 11 heteroatoms. The Morgan fingerprint density at radius 2 is 1.36 bits per heavy atom. The first-order chi connectivity index (χ1) is 11.7. The molecule has 0 radical (unpaired) electrons. The summed E-state index contributed by atoms with van der Waals surface area (Å²) < 4.78 is 80.7. The van der Waals surface area contributed by atoms with Gasteiger partial charge in [0.25, 0.3) is 0 Å². The molecule has 1 aromatic rings. The van der Waals surface area contributed by atoms with Crippen LogP contribution >= 0.6 is 0 Å². The Morgan fingerprint density at radius 1 is 0.920 bits per heavy atom. The van der Waals surface area contributed by atoms with E-state index in [0.29, 0.717) is 0 Å². The van der Waals surface area contributed by atoms with E-state index in [0.717, 1.165) is 0 Å². The molecule has 1 N–H and O–H groups in total. The van der Waals surface area contributed by atoms with Gasteiger partial charge in [0.2, 0.25) is 5.82 Å². The van der Waals surface area contributed by atoms with Crippen molar-refractivity contribution >= 4 is 14.8 Å². The highest BCUT2D eigenvalue weighted by molar-refractivity contribution is 6.59. The minimum atomic E-state index is -3.46. The van der Waals surface area contributed by atoms with Crippen molar-refractivity contribution in [2.45, 2.75) is 26.3 Å². The van der Waals surface area contributed by atoms with Crippen molar-refractivity contribution in [1.82, 2.24) is 0 Å². The summed E-state index contributed by atoms with van der Waals surface area (Å²) in [6, 6.07) is -0.0148. The minimum Gasteiger partial charge on any atom is -0.462 e. The van der Waals surface area contributed by atoms with Crippen molar-refractivity contribution in [3.63, 3.8) is 0 Å². The number of carbonyl (C=O) groups is 1. The van der Waals surface area contributed by atoms with E-state index in [-0.39, 0.29) is 25.7 Å². The molecule has 0 unspecified atom stereocenters. The Kier molecular flexibility index (Phi) is 7.92. The first-order valence-corrected chi connectivity index (χ1v) is 9.34. The van der Waals surface area contributed by atoms with Gasteiger partial charge in [-0.05, 0) is 20.3 Å². The molecule has 5 nitrogen and oxygen atoms in total. The van der Waals surface area contributed by atoms with Crippen LogP contribution < -0.4 is 0 Å². The van der Waals surface area contributed by atoms with Gasteiger partial charge in [-0.1, -0.05) is 0 Å². The van der Waals surface area contributed by atoms with Crippen LogP contribution in [0.5, 0.6) is 0 Å². The van der Waals surface area contributed by atoms with Crippen LogP contribution in [-0.2, 0) is 13.6 Å². The van der Waals surface area contributed by atoms with Crippen LogP contribution in [0.4, 0.5) is 22.0 Å². The van der Waals surface area contributed by atoms with Crippen molar-refractivity contribution in [1.29, 1.82) is 0 Å². The second kappa shape index (κ2) is 9.22. The lowest BCUT2D eigenvalue weighted by atomic mass is 10.1. The molecule has 1 rings (SSSR count). The lowest BCUT2D eigenvalue weighted by Gasteiger charge is -2.22. The number of esters is 1. The number of ether oxygens (including phenoxy) is 1. The SMILES string of the molecule is CCO[Si](O)(CCCOC(=O)c1c(F)c(F)c(F)c(F)c1F)OCC. The second-order valence-corrected chi connectivity index (χ2v) is 7.27. The fourth-order valence-corrected chi connectivity index (χ4v) is 3.82. The predicted octanol–water partition coefficient (Wildman–Crippen LogP) is 2.93. The first kappa shape index (κ1) is 21.5. The van der Waals surface area contributed by atoms with Gasteiger partial charge in [-0.2, -0.15) is 0 Å². The predicted molar refractivity (Wildman–Crippen MR) is 77.2 cm³/mol. The van der Waals surface area contributed by atoms with Crippen LogP contribution in [0.1, 0.15) is 30.6 Å². The summed E-state index contributed by atoms with van der Waals surface area (Å²) >= 11 is 0. The zero-order valence-corrected chi connectivity index (χ0v) is 14.5. The molecule has 0 aliphatic rings. The molecule has 0 spiro atoms. The largest absolute Gasteiger partial charge is 0.498 e. The zero-order valence-electron chi connectivity index (χ0n) is 13.5. The lowest BCUT2D eigenvalue weighted by Crippen LogP contribution is -2.42. The minimum absolute atomic E-state index is 0.00383. The maximum absolute atomic E-state index is 13.5. The molecular formula is C14H17F5O5Si. The maximum Gasteiger partial charge on any atom is 0.498 e. The van der Waals surface area contributed by atoms with Crippen LogP contribution in [0, 0.1) is 29.1 Å². The number of rotatable bonds is 9. The Bertz CT molecular complexity index is 593. The molecule has 1 aromatic carbocycles. The molecule has 0 aliphatic carbocycles. The van der Waals surface area contributed by atoms with Crippen molar-refractivity contribution in [3.05, 3.63) is 34.6 Å². The third-order valence-electron chi connectivity index (χ3n) is 3.02. The third-order valence-corrected chi connectivity index (χ3v) is 5.49. The van der Waals surface area contributed by atoms with Gasteiger partial charge in [-0.15, -0.1) is 0 Å². The summed E-state index contributed by atoms with van der Waals surface area (Å²) in [7, 11) is -3.46. The van der Waals surface area contributed by atoms with Crippen LogP contribution in [0.3, 0.4) is 0 Å². The summed E-state index contributed by atoms with van der Waals surface area (Å²) in [4.78, 5) is 21.7. The average molecular weight is 388 g/mol. The fourth-order valence-electron chi connectivity index (χ4n) is 1.95. The van der Waals surface area contributed by atoms with Crippen LogP contribution in [0.2, 0.25) is 6.04 Å². The van der Waals surface area contributed by atoms with E-state index in [9.17, 15) is 31.5 Å². The number of carbonyl (C=O) groups excluding carboxylic acids is 1. The molecular weight excluding hydrogens is 371 g/mol. The second-order valence-electron chi connectivity index (χ2n) is 4.76. The summed E-state index contributed by atoms with van der Waals surface area (Å²) in [5.41, 5.74) is -1.67. The Morgan fingerprint density at radius 3 is 1.80 bits per heavy atom. The summed E-state index contributed by atoms with van der Waals surface area (Å²) in [5.74, 6) is -13.1. The third kappa shape index (κ3) is 5.20. The zero-order chi connectivity index (χ0) is 19.2. The number of hydrogen-bond donors (Lipinski definition) is 1. The van der Waals surface area contributed by atoms with Crippen LogP contribution in [0.15, 0.2) is 0 Å². The highest BCUT2D eigenvalue weighted by Gasteiger charge is 2.36. The van der Waals surface area contributed by atoms with Crippen LogP contribution in [0.25, 0.3) is 0 Å². The molecule has 0 heterocycles. The Balaban J connectivity index is 2.73. The van der Waals surface area contributed by atoms with Crippen molar-refractivity contribution in [2.75, 3.05) is 19.8 Å². The molecule has 0 aromatic heterocycles. The topological polar surface area (TPSA) is 65.0 Å². The molecule has 0 amide bonds. The van der Waals surface area contributed by atoms with Gasteiger partial charge in [0.1, 0.15) is 5.56 Å². The molecule has 0 bridgehead atoms. The monoisotopic (exact) mass is 388 g/mol. The van der Waals surface area contributed by atoms with Gasteiger partial charge in [0.05, 0.1) is 6.61 Å². The van der Waals surface area contributed by atoms with E-state index in [4.69, 9.17) is 8.85 Å². The number of benzene rings is 1. The van der Waals surface area contributed by atoms with Crippen LogP contribution in [-0.4, -0.2) is 39.4 Å².